The van der Waals surface area contributed by atoms with Gasteiger partial charge in [0.15, 0.2) is 17.3 Å². The number of aromatic nitrogens is 1. The fourth-order valence-corrected chi connectivity index (χ4v) is 4.44. The summed E-state index contributed by atoms with van der Waals surface area (Å²) in [6.07, 6.45) is 3.31. The molecule has 8 heteroatoms. The fourth-order valence-electron chi connectivity index (χ4n) is 3.87. The predicted molar refractivity (Wildman–Crippen MR) is 115 cm³/mol. The molecule has 0 radical (unpaired) electrons. The molecule has 2 heterocycles. The summed E-state index contributed by atoms with van der Waals surface area (Å²) in [5.74, 6) is 0.883. The van der Waals surface area contributed by atoms with E-state index in [1.54, 1.807) is 32.4 Å². The van der Waals surface area contributed by atoms with Crippen molar-refractivity contribution in [3.05, 3.63) is 71.5 Å². The lowest BCUT2D eigenvalue weighted by Gasteiger charge is -2.17. The van der Waals surface area contributed by atoms with Crippen molar-refractivity contribution in [1.29, 1.82) is 0 Å². The van der Waals surface area contributed by atoms with Gasteiger partial charge in [-0.2, -0.15) is 0 Å². The zero-order valence-electron chi connectivity index (χ0n) is 16.9. The molecule has 30 heavy (non-hydrogen) atoms. The molecule has 0 amide bonds. The van der Waals surface area contributed by atoms with Crippen LogP contribution >= 0.6 is 0 Å². The normalized spacial score (nSPS) is 15.7. The second-order valence-corrected chi connectivity index (χ2v) is 8.95. The highest BCUT2D eigenvalue weighted by Crippen LogP contribution is 2.40. The Balaban J connectivity index is 1.79. The Morgan fingerprint density at radius 3 is 2.33 bits per heavy atom. The number of sulfonamides is 1. The SMILES string of the molecule is COc1cc2c(cc1OC)-n1cccc1[C@@H](c1ccc(NS(C)(=O)=O)cc1)CC2=O. The third kappa shape index (κ3) is 3.66. The second-order valence-electron chi connectivity index (χ2n) is 7.20. The molecule has 0 saturated heterocycles. The van der Waals surface area contributed by atoms with Crippen LogP contribution in [0.15, 0.2) is 54.7 Å². The van der Waals surface area contributed by atoms with Crippen LogP contribution in [-0.2, 0) is 10.0 Å². The average molecular weight is 426 g/mol. The van der Waals surface area contributed by atoms with E-state index in [0.717, 1.165) is 23.2 Å². The van der Waals surface area contributed by atoms with Crippen LogP contribution in [0.4, 0.5) is 5.69 Å². The average Bonchev–Trinajstić information content (AvgIpc) is 3.16. The van der Waals surface area contributed by atoms with Crippen LogP contribution < -0.4 is 14.2 Å². The van der Waals surface area contributed by atoms with Gasteiger partial charge in [0.1, 0.15) is 0 Å². The Morgan fingerprint density at radius 1 is 1.03 bits per heavy atom. The van der Waals surface area contributed by atoms with Gasteiger partial charge in [0.25, 0.3) is 0 Å². The van der Waals surface area contributed by atoms with Crippen molar-refractivity contribution < 1.29 is 22.7 Å². The first kappa shape index (κ1) is 20.0. The predicted octanol–water partition coefficient (Wildman–Crippen LogP) is 3.58. The van der Waals surface area contributed by atoms with Gasteiger partial charge in [-0.25, -0.2) is 8.42 Å². The van der Waals surface area contributed by atoms with Gasteiger partial charge in [0, 0.05) is 41.5 Å². The summed E-state index contributed by atoms with van der Waals surface area (Å²) in [5.41, 5.74) is 3.69. The maximum absolute atomic E-state index is 13.2. The van der Waals surface area contributed by atoms with Gasteiger partial charge in [-0.3, -0.25) is 9.52 Å². The third-order valence-corrected chi connectivity index (χ3v) is 5.81. The molecular weight excluding hydrogens is 404 g/mol. The van der Waals surface area contributed by atoms with Crippen LogP contribution in [0, 0.1) is 0 Å². The molecule has 4 rings (SSSR count). The van der Waals surface area contributed by atoms with Gasteiger partial charge >= 0.3 is 0 Å². The van der Waals surface area contributed by atoms with E-state index in [-0.39, 0.29) is 18.1 Å². The fraction of sp³-hybridized carbons (Fsp3) is 0.227. The number of carbonyl (C=O) groups excluding carboxylic acids is 1. The minimum Gasteiger partial charge on any atom is -0.493 e. The number of hydrogen-bond acceptors (Lipinski definition) is 5. The number of hydrogen-bond donors (Lipinski definition) is 1. The first-order valence-corrected chi connectivity index (χ1v) is 11.2. The topological polar surface area (TPSA) is 86.6 Å². The molecule has 0 saturated carbocycles. The number of carbonyl (C=O) groups is 1. The van der Waals surface area contributed by atoms with E-state index in [4.69, 9.17) is 9.47 Å². The van der Waals surface area contributed by atoms with Crippen LogP contribution in [-0.4, -0.2) is 39.2 Å². The molecule has 0 spiro atoms. The summed E-state index contributed by atoms with van der Waals surface area (Å²) in [6, 6.07) is 14.6. The van der Waals surface area contributed by atoms with Crippen LogP contribution in [0.2, 0.25) is 0 Å². The number of ketones is 1. The number of anilines is 1. The van der Waals surface area contributed by atoms with Crippen molar-refractivity contribution in [2.24, 2.45) is 0 Å². The molecule has 0 bridgehead atoms. The quantitative estimate of drug-likeness (QED) is 0.674. The molecule has 0 unspecified atom stereocenters. The maximum atomic E-state index is 13.2. The van der Waals surface area contributed by atoms with Crippen molar-refractivity contribution in [3.8, 4) is 17.2 Å². The van der Waals surface area contributed by atoms with Crippen LogP contribution in [0.25, 0.3) is 5.69 Å². The smallest absolute Gasteiger partial charge is 0.229 e. The lowest BCUT2D eigenvalue weighted by molar-refractivity contribution is 0.0979. The van der Waals surface area contributed by atoms with Crippen LogP contribution in [0.5, 0.6) is 11.5 Å². The molecule has 0 aliphatic carbocycles. The summed E-state index contributed by atoms with van der Waals surface area (Å²) < 4.78 is 38.2. The number of rotatable bonds is 5. The lowest BCUT2D eigenvalue weighted by Crippen LogP contribution is -2.10. The van der Waals surface area contributed by atoms with E-state index in [1.807, 2.05) is 41.1 Å². The third-order valence-electron chi connectivity index (χ3n) is 5.20. The summed E-state index contributed by atoms with van der Waals surface area (Å²) in [7, 11) is -0.244. The van der Waals surface area contributed by atoms with Crippen molar-refractivity contribution in [2.45, 2.75) is 12.3 Å². The van der Waals surface area contributed by atoms with Gasteiger partial charge in [-0.1, -0.05) is 12.1 Å². The van der Waals surface area contributed by atoms with Crippen molar-refractivity contribution in [3.63, 3.8) is 0 Å². The van der Waals surface area contributed by atoms with Gasteiger partial charge in [-0.15, -0.1) is 0 Å². The largest absolute Gasteiger partial charge is 0.493 e. The van der Waals surface area contributed by atoms with E-state index in [9.17, 15) is 13.2 Å². The first-order valence-electron chi connectivity index (χ1n) is 9.35. The standard InChI is InChI=1S/C22H22N2O5S/c1-28-21-12-17-19(13-22(21)29-2)24-10-4-5-18(24)16(11-20(17)25)14-6-8-15(9-7-14)23-30(3,26)27/h4-10,12-13,16,23H,11H2,1-3H3/t16-/m1/s1. The number of nitrogens with zero attached hydrogens (tertiary/aromatic N) is 1. The van der Waals surface area contributed by atoms with Crippen molar-refractivity contribution in [2.75, 3.05) is 25.2 Å². The van der Waals surface area contributed by atoms with E-state index >= 15 is 0 Å². The Labute approximate surface area is 175 Å². The molecule has 1 aliphatic heterocycles. The number of fused-ring (bicyclic) bond motifs is 3. The van der Waals surface area contributed by atoms with Gasteiger partial charge in [0.2, 0.25) is 10.0 Å². The second kappa shape index (κ2) is 7.53. The van der Waals surface area contributed by atoms with Crippen LogP contribution in [0.3, 0.4) is 0 Å². The highest BCUT2D eigenvalue weighted by atomic mass is 32.2. The van der Waals surface area contributed by atoms with E-state index in [2.05, 4.69) is 4.72 Å². The zero-order valence-corrected chi connectivity index (χ0v) is 17.7. The summed E-state index contributed by atoms with van der Waals surface area (Å²) in [6.45, 7) is 0. The number of nitrogens with one attached hydrogen (secondary N) is 1. The summed E-state index contributed by atoms with van der Waals surface area (Å²) >= 11 is 0. The summed E-state index contributed by atoms with van der Waals surface area (Å²) in [5, 5.41) is 0. The van der Waals surface area contributed by atoms with Crippen LogP contribution in [0.1, 0.15) is 34.0 Å². The van der Waals surface area contributed by atoms with E-state index < -0.39 is 10.0 Å². The molecule has 1 atom stereocenters. The minimum atomic E-state index is -3.35. The molecule has 1 aromatic heterocycles. The maximum Gasteiger partial charge on any atom is 0.229 e. The molecule has 156 valence electrons. The number of methoxy groups -OCH3 is 2. The van der Waals surface area contributed by atoms with Crippen molar-refractivity contribution >= 4 is 21.5 Å². The first-order chi connectivity index (χ1) is 14.3. The van der Waals surface area contributed by atoms with Gasteiger partial charge < -0.3 is 14.0 Å². The van der Waals surface area contributed by atoms with Gasteiger partial charge in [-0.05, 0) is 35.9 Å². The Bertz CT molecular complexity index is 1210. The number of Topliss-reactive ketones (excluding diaryl/α,β-unsaturated/α-hetero) is 1. The number of benzene rings is 2. The highest BCUT2D eigenvalue weighted by Gasteiger charge is 2.29. The van der Waals surface area contributed by atoms with E-state index in [0.29, 0.717) is 22.7 Å². The molecular formula is C22H22N2O5S. The highest BCUT2D eigenvalue weighted by molar-refractivity contribution is 7.92. The Hall–Kier alpha value is -3.26. The minimum absolute atomic E-state index is 0.00186. The molecule has 7 nitrogen and oxygen atoms in total. The molecule has 2 aromatic carbocycles. The number of ether oxygens (including phenoxy) is 2. The monoisotopic (exact) mass is 426 g/mol. The van der Waals surface area contributed by atoms with Gasteiger partial charge in [0.05, 0.1) is 26.2 Å². The molecule has 1 N–H and O–H groups in total. The molecule has 1 aliphatic rings. The zero-order chi connectivity index (χ0) is 21.5. The Kier molecular flexibility index (Phi) is 5.03. The molecule has 0 fully saturated rings. The summed E-state index contributed by atoms with van der Waals surface area (Å²) in [4.78, 5) is 13.2. The van der Waals surface area contributed by atoms with Crippen molar-refractivity contribution in [1.82, 2.24) is 4.57 Å². The lowest BCUT2D eigenvalue weighted by atomic mass is 9.90. The van der Waals surface area contributed by atoms with E-state index in [1.165, 1.54) is 0 Å². The molecule has 3 aromatic rings. The Morgan fingerprint density at radius 2 is 1.70 bits per heavy atom.